The molecule has 0 unspecified atom stereocenters. The van der Waals surface area contributed by atoms with Crippen molar-refractivity contribution in [3.8, 4) is 0 Å². The summed E-state index contributed by atoms with van der Waals surface area (Å²) >= 11 is 9.53. The standard InChI is InChI=1S/C16H12BrClN2/c1-10-8-16(20-13-5-2-11(17)3-6-13)14-9-12(18)4-7-15(14)19-10/h2-9H,1H3,(H,19,20). The van der Waals surface area contributed by atoms with Gasteiger partial charge in [0.05, 0.1) is 5.52 Å². The molecule has 3 rings (SSSR count). The Morgan fingerprint density at radius 1 is 1.05 bits per heavy atom. The van der Waals surface area contributed by atoms with Crippen molar-refractivity contribution in [2.45, 2.75) is 6.92 Å². The van der Waals surface area contributed by atoms with Gasteiger partial charge in [0.1, 0.15) is 0 Å². The molecule has 100 valence electrons. The number of pyridine rings is 1. The van der Waals surface area contributed by atoms with Crippen LogP contribution in [0.4, 0.5) is 11.4 Å². The second-order valence-corrected chi connectivity index (χ2v) is 5.96. The Balaban J connectivity index is 2.10. The first-order chi connectivity index (χ1) is 9.61. The molecule has 0 amide bonds. The summed E-state index contributed by atoms with van der Waals surface area (Å²) in [7, 11) is 0. The van der Waals surface area contributed by atoms with E-state index in [-0.39, 0.29) is 0 Å². The van der Waals surface area contributed by atoms with Crippen molar-refractivity contribution in [1.29, 1.82) is 0 Å². The minimum atomic E-state index is 0.710. The fourth-order valence-electron chi connectivity index (χ4n) is 2.12. The summed E-state index contributed by atoms with van der Waals surface area (Å²) in [5.74, 6) is 0. The Hall–Kier alpha value is -1.58. The summed E-state index contributed by atoms with van der Waals surface area (Å²) in [6, 6.07) is 15.8. The van der Waals surface area contributed by atoms with Crippen LogP contribution in [-0.2, 0) is 0 Å². The minimum absolute atomic E-state index is 0.710. The van der Waals surface area contributed by atoms with Crippen molar-refractivity contribution in [3.05, 3.63) is 63.7 Å². The van der Waals surface area contributed by atoms with Gasteiger partial charge in [0.25, 0.3) is 0 Å². The van der Waals surface area contributed by atoms with Gasteiger partial charge in [0, 0.05) is 32.0 Å². The first-order valence-corrected chi connectivity index (χ1v) is 7.38. The molecule has 4 heteroatoms. The maximum absolute atomic E-state index is 6.09. The van der Waals surface area contributed by atoms with E-state index in [1.165, 1.54) is 0 Å². The quantitative estimate of drug-likeness (QED) is 0.643. The van der Waals surface area contributed by atoms with Crippen LogP contribution in [0.25, 0.3) is 10.9 Å². The summed E-state index contributed by atoms with van der Waals surface area (Å²) in [6.45, 7) is 1.99. The van der Waals surface area contributed by atoms with Gasteiger partial charge in [-0.1, -0.05) is 27.5 Å². The number of aryl methyl sites for hydroxylation is 1. The molecule has 1 aromatic heterocycles. The van der Waals surface area contributed by atoms with E-state index in [9.17, 15) is 0 Å². The predicted octanol–water partition coefficient (Wildman–Crippen LogP) is 5.70. The normalized spacial score (nSPS) is 10.8. The Labute approximate surface area is 130 Å². The van der Waals surface area contributed by atoms with Gasteiger partial charge in [-0.15, -0.1) is 0 Å². The highest BCUT2D eigenvalue weighted by Crippen LogP contribution is 2.29. The zero-order valence-corrected chi connectivity index (χ0v) is 13.2. The van der Waals surface area contributed by atoms with E-state index in [4.69, 9.17) is 11.6 Å². The summed E-state index contributed by atoms with van der Waals surface area (Å²) in [5, 5.41) is 5.15. The Morgan fingerprint density at radius 3 is 2.55 bits per heavy atom. The molecule has 20 heavy (non-hydrogen) atoms. The van der Waals surface area contributed by atoms with Crippen molar-refractivity contribution < 1.29 is 0 Å². The van der Waals surface area contributed by atoms with Crippen LogP contribution < -0.4 is 5.32 Å². The molecule has 0 saturated heterocycles. The van der Waals surface area contributed by atoms with Crippen LogP contribution in [0.2, 0.25) is 5.02 Å². The minimum Gasteiger partial charge on any atom is -0.355 e. The molecule has 0 aliphatic carbocycles. The maximum Gasteiger partial charge on any atom is 0.0727 e. The van der Waals surface area contributed by atoms with Crippen LogP contribution in [0.1, 0.15) is 5.69 Å². The van der Waals surface area contributed by atoms with E-state index in [0.29, 0.717) is 5.02 Å². The third-order valence-electron chi connectivity index (χ3n) is 3.02. The first-order valence-electron chi connectivity index (χ1n) is 6.21. The van der Waals surface area contributed by atoms with Gasteiger partial charge in [-0.3, -0.25) is 4.98 Å². The summed E-state index contributed by atoms with van der Waals surface area (Å²) in [4.78, 5) is 4.53. The fraction of sp³-hybridized carbons (Fsp3) is 0.0625. The number of nitrogens with zero attached hydrogens (tertiary/aromatic N) is 1. The smallest absolute Gasteiger partial charge is 0.0727 e. The molecular weight excluding hydrogens is 336 g/mol. The molecule has 0 aliphatic heterocycles. The highest BCUT2D eigenvalue weighted by atomic mass is 79.9. The zero-order chi connectivity index (χ0) is 14.1. The summed E-state index contributed by atoms with van der Waals surface area (Å²) in [5.41, 5.74) is 3.95. The van der Waals surface area contributed by atoms with Crippen LogP contribution >= 0.6 is 27.5 Å². The van der Waals surface area contributed by atoms with Crippen molar-refractivity contribution in [2.24, 2.45) is 0 Å². The van der Waals surface area contributed by atoms with Crippen LogP contribution in [0.15, 0.2) is 53.0 Å². The number of hydrogen-bond donors (Lipinski definition) is 1. The highest BCUT2D eigenvalue weighted by molar-refractivity contribution is 9.10. The fourth-order valence-corrected chi connectivity index (χ4v) is 2.56. The van der Waals surface area contributed by atoms with E-state index in [1.54, 1.807) is 0 Å². The largest absolute Gasteiger partial charge is 0.355 e. The third-order valence-corrected chi connectivity index (χ3v) is 3.79. The number of hydrogen-bond acceptors (Lipinski definition) is 2. The van der Waals surface area contributed by atoms with Gasteiger partial charge in [-0.05, 0) is 55.5 Å². The van der Waals surface area contributed by atoms with Gasteiger partial charge in [-0.2, -0.15) is 0 Å². The van der Waals surface area contributed by atoms with Gasteiger partial charge in [0.2, 0.25) is 0 Å². The molecule has 0 fully saturated rings. The van der Waals surface area contributed by atoms with Crippen LogP contribution in [0.3, 0.4) is 0 Å². The summed E-state index contributed by atoms with van der Waals surface area (Å²) < 4.78 is 1.06. The van der Waals surface area contributed by atoms with Gasteiger partial charge >= 0.3 is 0 Å². The van der Waals surface area contributed by atoms with E-state index in [0.717, 1.165) is 32.4 Å². The molecule has 3 aromatic rings. The van der Waals surface area contributed by atoms with Crippen LogP contribution in [-0.4, -0.2) is 4.98 Å². The molecule has 2 nitrogen and oxygen atoms in total. The zero-order valence-electron chi connectivity index (χ0n) is 10.8. The monoisotopic (exact) mass is 346 g/mol. The third kappa shape index (κ3) is 2.79. The Morgan fingerprint density at radius 2 is 1.80 bits per heavy atom. The number of aromatic nitrogens is 1. The Kier molecular flexibility index (Phi) is 3.64. The molecule has 0 aliphatic rings. The summed E-state index contributed by atoms with van der Waals surface area (Å²) in [6.07, 6.45) is 0. The van der Waals surface area contributed by atoms with E-state index in [1.807, 2.05) is 55.5 Å². The molecule has 0 saturated carbocycles. The number of fused-ring (bicyclic) bond motifs is 1. The average molecular weight is 348 g/mol. The number of anilines is 2. The molecule has 0 bridgehead atoms. The molecular formula is C16H12BrClN2. The molecule has 0 radical (unpaired) electrons. The predicted molar refractivity (Wildman–Crippen MR) is 88.9 cm³/mol. The van der Waals surface area contributed by atoms with Crippen molar-refractivity contribution in [1.82, 2.24) is 4.98 Å². The number of benzene rings is 2. The number of halogens is 2. The molecule has 0 spiro atoms. The average Bonchev–Trinajstić information content (AvgIpc) is 2.42. The second-order valence-electron chi connectivity index (χ2n) is 4.60. The van der Waals surface area contributed by atoms with Crippen molar-refractivity contribution in [2.75, 3.05) is 5.32 Å². The topological polar surface area (TPSA) is 24.9 Å². The lowest BCUT2D eigenvalue weighted by atomic mass is 10.1. The van der Waals surface area contributed by atoms with Gasteiger partial charge < -0.3 is 5.32 Å². The first kappa shape index (κ1) is 13.4. The van der Waals surface area contributed by atoms with Crippen molar-refractivity contribution >= 4 is 49.8 Å². The van der Waals surface area contributed by atoms with Crippen molar-refractivity contribution in [3.63, 3.8) is 0 Å². The second kappa shape index (κ2) is 5.43. The Bertz CT molecular complexity index is 769. The van der Waals surface area contributed by atoms with Crippen LogP contribution in [0, 0.1) is 6.92 Å². The van der Waals surface area contributed by atoms with Crippen LogP contribution in [0.5, 0.6) is 0 Å². The SMILES string of the molecule is Cc1cc(Nc2ccc(Br)cc2)c2cc(Cl)ccc2n1. The van der Waals surface area contributed by atoms with Gasteiger partial charge in [0.15, 0.2) is 0 Å². The lowest BCUT2D eigenvalue weighted by Crippen LogP contribution is -1.94. The lowest BCUT2D eigenvalue weighted by molar-refractivity contribution is 1.25. The molecule has 2 aromatic carbocycles. The highest BCUT2D eigenvalue weighted by Gasteiger charge is 2.05. The van der Waals surface area contributed by atoms with E-state index in [2.05, 4.69) is 26.2 Å². The molecule has 1 heterocycles. The van der Waals surface area contributed by atoms with Gasteiger partial charge in [-0.25, -0.2) is 0 Å². The van der Waals surface area contributed by atoms with E-state index < -0.39 is 0 Å². The van der Waals surface area contributed by atoms with E-state index >= 15 is 0 Å². The number of rotatable bonds is 2. The number of nitrogens with one attached hydrogen (secondary N) is 1. The lowest BCUT2D eigenvalue weighted by Gasteiger charge is -2.11. The molecule has 1 N–H and O–H groups in total. The maximum atomic E-state index is 6.09. The molecule has 0 atom stereocenters.